The average molecular weight is 290 g/mol. The third kappa shape index (κ3) is 4.34. The summed E-state index contributed by atoms with van der Waals surface area (Å²) < 4.78 is 23.5. The highest BCUT2D eigenvalue weighted by Gasteiger charge is 2.05. The molecule has 0 atom stereocenters. The Morgan fingerprint density at radius 3 is 2.71 bits per heavy atom. The van der Waals surface area contributed by atoms with E-state index in [2.05, 4.69) is 10.3 Å². The molecule has 0 fully saturated rings. The van der Waals surface area contributed by atoms with Gasteiger partial charge in [0.25, 0.3) is 0 Å². The van der Waals surface area contributed by atoms with Crippen molar-refractivity contribution >= 4 is 5.82 Å². The van der Waals surface area contributed by atoms with E-state index in [0.29, 0.717) is 12.4 Å². The second-order valence-corrected chi connectivity index (χ2v) is 4.55. The monoisotopic (exact) mass is 290 g/mol. The zero-order valence-corrected chi connectivity index (χ0v) is 12.2. The van der Waals surface area contributed by atoms with Crippen LogP contribution >= 0.6 is 0 Å². The van der Waals surface area contributed by atoms with E-state index in [0.717, 1.165) is 29.9 Å². The first-order valence-electron chi connectivity index (χ1n) is 6.80. The predicted octanol–water partition coefficient (Wildman–Crippen LogP) is 3.28. The topological polar surface area (TPSA) is 43.4 Å². The number of aromatic nitrogens is 1. The Bertz CT molecular complexity index is 590. The van der Waals surface area contributed by atoms with E-state index >= 15 is 0 Å². The Hall–Kier alpha value is -2.30. The van der Waals surface area contributed by atoms with E-state index < -0.39 is 5.95 Å². The van der Waals surface area contributed by atoms with Crippen molar-refractivity contribution in [1.29, 1.82) is 0 Å². The number of methoxy groups -OCH3 is 2. The van der Waals surface area contributed by atoms with E-state index in [9.17, 15) is 4.39 Å². The second kappa shape index (κ2) is 7.47. The summed E-state index contributed by atoms with van der Waals surface area (Å²) in [7, 11) is 3.29. The summed E-state index contributed by atoms with van der Waals surface area (Å²) in [6.45, 7) is 0.705. The zero-order valence-electron chi connectivity index (χ0n) is 12.2. The zero-order chi connectivity index (χ0) is 15.1. The van der Waals surface area contributed by atoms with Gasteiger partial charge in [-0.05, 0) is 48.7 Å². The van der Waals surface area contributed by atoms with Crippen molar-refractivity contribution in [2.45, 2.75) is 12.8 Å². The van der Waals surface area contributed by atoms with Crippen LogP contribution in [-0.2, 0) is 6.42 Å². The summed E-state index contributed by atoms with van der Waals surface area (Å²) in [6, 6.07) is 10.4. The van der Waals surface area contributed by atoms with Crippen LogP contribution in [0, 0.1) is 5.95 Å². The first-order chi connectivity index (χ1) is 10.2. The van der Waals surface area contributed by atoms with Gasteiger partial charge in [-0.1, -0.05) is 6.07 Å². The fraction of sp³-hybridized carbons (Fsp3) is 0.312. The number of benzene rings is 1. The van der Waals surface area contributed by atoms with Gasteiger partial charge in [-0.2, -0.15) is 4.39 Å². The number of halogens is 1. The van der Waals surface area contributed by atoms with Crippen LogP contribution in [0.5, 0.6) is 11.5 Å². The Morgan fingerprint density at radius 1 is 1.14 bits per heavy atom. The number of aryl methyl sites for hydroxylation is 1. The standard InChI is InChI=1S/C16H19FN2O2/c1-20-13-8-9-14(21-2)12(11-13)5-4-10-18-16-7-3-6-15(17)19-16/h3,6-9,11H,4-5,10H2,1-2H3,(H,18,19). The molecule has 1 aromatic carbocycles. The Morgan fingerprint density at radius 2 is 2.00 bits per heavy atom. The molecule has 112 valence electrons. The van der Waals surface area contributed by atoms with Gasteiger partial charge in [0, 0.05) is 6.54 Å². The number of anilines is 1. The van der Waals surface area contributed by atoms with Crippen molar-refractivity contribution in [3.05, 3.63) is 47.9 Å². The highest BCUT2D eigenvalue weighted by atomic mass is 19.1. The van der Waals surface area contributed by atoms with Gasteiger partial charge >= 0.3 is 0 Å². The van der Waals surface area contributed by atoms with Crippen LogP contribution in [0.1, 0.15) is 12.0 Å². The van der Waals surface area contributed by atoms with Crippen LogP contribution in [0.2, 0.25) is 0 Å². The highest BCUT2D eigenvalue weighted by molar-refractivity contribution is 5.40. The van der Waals surface area contributed by atoms with E-state index in [1.54, 1.807) is 26.4 Å². The average Bonchev–Trinajstić information content (AvgIpc) is 2.51. The van der Waals surface area contributed by atoms with Gasteiger partial charge in [0.05, 0.1) is 14.2 Å². The highest BCUT2D eigenvalue weighted by Crippen LogP contribution is 2.25. The number of ether oxygens (including phenoxy) is 2. The molecule has 0 aliphatic heterocycles. The molecule has 1 aromatic heterocycles. The molecule has 0 spiro atoms. The summed E-state index contributed by atoms with van der Waals surface area (Å²) in [5.41, 5.74) is 1.09. The Balaban J connectivity index is 1.88. The number of nitrogens with one attached hydrogen (secondary N) is 1. The van der Waals surface area contributed by atoms with Crippen LogP contribution in [0.4, 0.5) is 10.2 Å². The van der Waals surface area contributed by atoms with Crippen molar-refractivity contribution < 1.29 is 13.9 Å². The van der Waals surface area contributed by atoms with Gasteiger partial charge in [0.2, 0.25) is 5.95 Å². The lowest BCUT2D eigenvalue weighted by atomic mass is 10.1. The summed E-state index contributed by atoms with van der Waals surface area (Å²) in [6.07, 6.45) is 1.71. The minimum absolute atomic E-state index is 0.477. The molecule has 0 radical (unpaired) electrons. The summed E-state index contributed by atoms with van der Waals surface area (Å²) >= 11 is 0. The van der Waals surface area contributed by atoms with E-state index in [1.807, 2.05) is 18.2 Å². The molecule has 0 unspecified atom stereocenters. The molecule has 2 rings (SSSR count). The van der Waals surface area contributed by atoms with Crippen molar-refractivity contribution in [3.63, 3.8) is 0 Å². The summed E-state index contributed by atoms with van der Waals surface area (Å²) in [4.78, 5) is 3.76. The van der Waals surface area contributed by atoms with E-state index in [-0.39, 0.29) is 0 Å². The number of pyridine rings is 1. The molecular formula is C16H19FN2O2. The van der Waals surface area contributed by atoms with Gasteiger partial charge < -0.3 is 14.8 Å². The second-order valence-electron chi connectivity index (χ2n) is 4.55. The maximum Gasteiger partial charge on any atom is 0.214 e. The maximum absolute atomic E-state index is 12.9. The molecule has 4 nitrogen and oxygen atoms in total. The molecule has 0 saturated heterocycles. The third-order valence-electron chi connectivity index (χ3n) is 3.13. The summed E-state index contributed by atoms with van der Waals surface area (Å²) in [5.74, 6) is 1.73. The first-order valence-corrected chi connectivity index (χ1v) is 6.80. The molecule has 0 amide bonds. The lowest BCUT2D eigenvalue weighted by molar-refractivity contribution is 0.398. The molecule has 0 saturated carbocycles. The Kier molecular flexibility index (Phi) is 5.37. The van der Waals surface area contributed by atoms with Crippen molar-refractivity contribution in [2.24, 2.45) is 0 Å². The largest absolute Gasteiger partial charge is 0.497 e. The lowest BCUT2D eigenvalue weighted by Crippen LogP contribution is -2.05. The van der Waals surface area contributed by atoms with Gasteiger partial charge in [0.15, 0.2) is 0 Å². The molecule has 0 aliphatic carbocycles. The van der Waals surface area contributed by atoms with Crippen LogP contribution < -0.4 is 14.8 Å². The molecule has 0 aliphatic rings. The molecule has 21 heavy (non-hydrogen) atoms. The minimum atomic E-state index is -0.477. The number of hydrogen-bond donors (Lipinski definition) is 1. The van der Waals surface area contributed by atoms with Gasteiger partial charge in [0.1, 0.15) is 17.3 Å². The molecule has 0 bridgehead atoms. The number of nitrogens with zero attached hydrogens (tertiary/aromatic N) is 1. The van der Waals surface area contributed by atoms with Crippen molar-refractivity contribution in [2.75, 3.05) is 26.1 Å². The smallest absolute Gasteiger partial charge is 0.214 e. The SMILES string of the molecule is COc1ccc(OC)c(CCCNc2cccc(F)n2)c1. The van der Waals surface area contributed by atoms with Crippen LogP contribution in [0.3, 0.4) is 0 Å². The van der Waals surface area contributed by atoms with Crippen LogP contribution in [-0.4, -0.2) is 25.7 Å². The predicted molar refractivity (Wildman–Crippen MR) is 80.6 cm³/mol. The minimum Gasteiger partial charge on any atom is -0.497 e. The fourth-order valence-electron chi connectivity index (χ4n) is 2.08. The molecule has 1 N–H and O–H groups in total. The first kappa shape index (κ1) is 15.1. The van der Waals surface area contributed by atoms with Crippen LogP contribution in [0.25, 0.3) is 0 Å². The van der Waals surface area contributed by atoms with Gasteiger partial charge in [-0.15, -0.1) is 0 Å². The van der Waals surface area contributed by atoms with E-state index in [1.165, 1.54) is 6.07 Å². The molecule has 2 aromatic rings. The van der Waals surface area contributed by atoms with Gasteiger partial charge in [-0.3, -0.25) is 0 Å². The molecular weight excluding hydrogens is 271 g/mol. The third-order valence-corrected chi connectivity index (χ3v) is 3.13. The van der Waals surface area contributed by atoms with E-state index in [4.69, 9.17) is 9.47 Å². The lowest BCUT2D eigenvalue weighted by Gasteiger charge is -2.11. The maximum atomic E-state index is 12.9. The number of hydrogen-bond acceptors (Lipinski definition) is 4. The number of rotatable bonds is 7. The van der Waals surface area contributed by atoms with Crippen LogP contribution in [0.15, 0.2) is 36.4 Å². The fourth-order valence-corrected chi connectivity index (χ4v) is 2.08. The van der Waals surface area contributed by atoms with Crippen molar-refractivity contribution in [1.82, 2.24) is 4.98 Å². The quantitative estimate of drug-likeness (QED) is 0.628. The molecule has 1 heterocycles. The van der Waals surface area contributed by atoms with Gasteiger partial charge in [-0.25, -0.2) is 4.98 Å². The summed E-state index contributed by atoms with van der Waals surface area (Å²) in [5, 5.41) is 3.10. The molecule has 5 heteroatoms. The Labute approximate surface area is 123 Å². The van der Waals surface area contributed by atoms with Crippen molar-refractivity contribution in [3.8, 4) is 11.5 Å². The normalized spacial score (nSPS) is 10.2.